The van der Waals surface area contributed by atoms with Gasteiger partial charge in [0.05, 0.1) is 5.75 Å². The van der Waals surface area contributed by atoms with E-state index in [9.17, 15) is 4.79 Å². The lowest BCUT2D eigenvalue weighted by Gasteiger charge is -2.06. The molecule has 0 saturated heterocycles. The van der Waals surface area contributed by atoms with Gasteiger partial charge in [-0.05, 0) is 6.42 Å². The Morgan fingerprint density at radius 2 is 2.47 bits per heavy atom. The molecule has 1 atom stereocenters. The molecule has 0 bridgehead atoms. The summed E-state index contributed by atoms with van der Waals surface area (Å²) < 4.78 is 4.84. The van der Waals surface area contributed by atoms with E-state index in [-0.39, 0.29) is 12.3 Å². The maximum absolute atomic E-state index is 10.5. The zero-order valence-corrected chi connectivity index (χ0v) is 9.16. The van der Waals surface area contributed by atoms with Crippen LogP contribution in [0, 0.1) is 0 Å². The molecule has 0 spiro atoms. The van der Waals surface area contributed by atoms with Gasteiger partial charge in [0.15, 0.2) is 5.69 Å². The van der Waals surface area contributed by atoms with Crippen molar-refractivity contribution in [1.82, 2.24) is 5.16 Å². The second-order valence-electron chi connectivity index (χ2n) is 3.12. The van der Waals surface area contributed by atoms with E-state index in [0.29, 0.717) is 23.2 Å². The van der Waals surface area contributed by atoms with Crippen LogP contribution in [0.1, 0.15) is 29.6 Å². The van der Waals surface area contributed by atoms with Gasteiger partial charge in [0, 0.05) is 17.9 Å². The van der Waals surface area contributed by atoms with Gasteiger partial charge in [0.2, 0.25) is 0 Å². The molecule has 1 rings (SSSR count). The van der Waals surface area contributed by atoms with Crippen LogP contribution in [0.4, 0.5) is 0 Å². The Hall–Kier alpha value is -1.01. The molecular weight excluding hydrogens is 218 g/mol. The fourth-order valence-corrected chi connectivity index (χ4v) is 1.83. The lowest BCUT2D eigenvalue weighted by Crippen LogP contribution is -1.99. The van der Waals surface area contributed by atoms with E-state index in [1.54, 1.807) is 11.8 Å². The number of aromatic nitrogens is 1. The van der Waals surface area contributed by atoms with Crippen LogP contribution in [0.25, 0.3) is 0 Å². The average molecular weight is 231 g/mol. The van der Waals surface area contributed by atoms with Crippen molar-refractivity contribution in [2.24, 2.45) is 0 Å². The summed E-state index contributed by atoms with van der Waals surface area (Å²) in [7, 11) is 0. The van der Waals surface area contributed by atoms with Crippen LogP contribution in [0.5, 0.6) is 0 Å². The number of rotatable bonds is 6. The molecule has 0 fully saturated rings. The molecule has 6 heteroatoms. The molecule has 0 amide bonds. The predicted octanol–water partition coefficient (Wildman–Crippen LogP) is 1.38. The highest BCUT2D eigenvalue weighted by atomic mass is 32.2. The van der Waals surface area contributed by atoms with Gasteiger partial charge in [-0.2, -0.15) is 11.8 Å². The molecule has 1 heterocycles. The van der Waals surface area contributed by atoms with Crippen molar-refractivity contribution in [2.75, 3.05) is 6.61 Å². The first-order valence-electron chi connectivity index (χ1n) is 4.55. The van der Waals surface area contributed by atoms with Crippen molar-refractivity contribution in [2.45, 2.75) is 24.3 Å². The monoisotopic (exact) mass is 231 g/mol. The van der Waals surface area contributed by atoms with Crippen molar-refractivity contribution in [3.8, 4) is 0 Å². The fraction of sp³-hybridized carbons (Fsp3) is 0.556. The first kappa shape index (κ1) is 12.1. The molecular formula is C9H13NO4S. The minimum atomic E-state index is -1.08. The summed E-state index contributed by atoms with van der Waals surface area (Å²) in [6.07, 6.45) is 0.713. The van der Waals surface area contributed by atoms with E-state index in [1.165, 1.54) is 6.07 Å². The molecule has 2 N–H and O–H groups in total. The van der Waals surface area contributed by atoms with Crippen molar-refractivity contribution in [1.29, 1.82) is 0 Å². The highest BCUT2D eigenvalue weighted by molar-refractivity contribution is 7.99. The van der Waals surface area contributed by atoms with Crippen LogP contribution >= 0.6 is 11.8 Å². The number of nitrogens with zero attached hydrogens (tertiary/aromatic N) is 1. The molecule has 0 aliphatic heterocycles. The van der Waals surface area contributed by atoms with Gasteiger partial charge < -0.3 is 14.7 Å². The third kappa shape index (κ3) is 3.93. The van der Waals surface area contributed by atoms with E-state index in [4.69, 9.17) is 14.7 Å². The summed E-state index contributed by atoms with van der Waals surface area (Å²) in [5.41, 5.74) is -0.0691. The van der Waals surface area contributed by atoms with Crippen LogP contribution in [-0.4, -0.2) is 33.2 Å². The van der Waals surface area contributed by atoms with Crippen LogP contribution in [0.2, 0.25) is 0 Å². The number of aromatic carboxylic acids is 1. The third-order valence-corrected chi connectivity index (χ3v) is 3.08. The molecule has 0 radical (unpaired) electrons. The molecule has 0 aromatic carbocycles. The summed E-state index contributed by atoms with van der Waals surface area (Å²) in [6.45, 7) is 2.15. The number of carboxylic acids is 1. The number of thioether (sulfide) groups is 1. The van der Waals surface area contributed by atoms with E-state index in [1.807, 2.05) is 6.92 Å². The SMILES string of the molecule is CC(CCO)SCc1cc(C(=O)O)no1. The molecule has 0 aliphatic rings. The molecule has 0 aliphatic carbocycles. The van der Waals surface area contributed by atoms with Gasteiger partial charge in [-0.15, -0.1) is 0 Å². The Bertz CT molecular complexity index is 326. The fourth-order valence-electron chi connectivity index (χ4n) is 0.971. The molecule has 1 aromatic heterocycles. The van der Waals surface area contributed by atoms with E-state index in [0.717, 1.165) is 0 Å². The van der Waals surface area contributed by atoms with Crippen LogP contribution in [0.15, 0.2) is 10.6 Å². The van der Waals surface area contributed by atoms with Crippen molar-refractivity contribution in [3.05, 3.63) is 17.5 Å². The molecule has 15 heavy (non-hydrogen) atoms. The van der Waals surface area contributed by atoms with Crippen LogP contribution in [-0.2, 0) is 5.75 Å². The zero-order chi connectivity index (χ0) is 11.3. The summed E-state index contributed by atoms with van der Waals surface area (Å²) in [5.74, 6) is 0.0298. The van der Waals surface area contributed by atoms with Crippen LogP contribution < -0.4 is 0 Å². The van der Waals surface area contributed by atoms with Gasteiger partial charge in [-0.3, -0.25) is 0 Å². The van der Waals surface area contributed by atoms with E-state index < -0.39 is 5.97 Å². The number of carboxylic acid groups (broad SMARTS) is 1. The Labute approximate surface area is 91.5 Å². The lowest BCUT2D eigenvalue weighted by atomic mass is 10.3. The largest absolute Gasteiger partial charge is 0.476 e. The van der Waals surface area contributed by atoms with E-state index >= 15 is 0 Å². The zero-order valence-electron chi connectivity index (χ0n) is 8.34. The summed E-state index contributed by atoms with van der Waals surface area (Å²) in [6, 6.07) is 1.42. The van der Waals surface area contributed by atoms with E-state index in [2.05, 4.69) is 5.16 Å². The van der Waals surface area contributed by atoms with Crippen molar-refractivity contribution in [3.63, 3.8) is 0 Å². The topological polar surface area (TPSA) is 83.6 Å². The number of aliphatic hydroxyl groups excluding tert-OH is 1. The molecule has 84 valence electrons. The maximum Gasteiger partial charge on any atom is 0.358 e. The van der Waals surface area contributed by atoms with Crippen molar-refractivity contribution < 1.29 is 19.5 Å². The normalized spacial score (nSPS) is 12.7. The lowest BCUT2D eigenvalue weighted by molar-refractivity contribution is 0.0685. The first-order valence-corrected chi connectivity index (χ1v) is 5.59. The number of aliphatic hydroxyl groups is 1. The Morgan fingerprint density at radius 1 is 1.73 bits per heavy atom. The molecule has 1 aromatic rings. The highest BCUT2D eigenvalue weighted by Gasteiger charge is 2.11. The molecule has 1 unspecified atom stereocenters. The summed E-state index contributed by atoms with van der Waals surface area (Å²) >= 11 is 1.59. The predicted molar refractivity (Wildman–Crippen MR) is 55.9 cm³/mol. The smallest absolute Gasteiger partial charge is 0.358 e. The minimum absolute atomic E-state index is 0.0691. The van der Waals surface area contributed by atoms with Gasteiger partial charge in [0.1, 0.15) is 5.76 Å². The van der Waals surface area contributed by atoms with Gasteiger partial charge in [-0.1, -0.05) is 12.1 Å². The second-order valence-corrected chi connectivity index (χ2v) is 4.54. The summed E-state index contributed by atoms with van der Waals surface area (Å²) in [4.78, 5) is 10.5. The Balaban J connectivity index is 2.40. The molecule has 5 nitrogen and oxygen atoms in total. The third-order valence-electron chi connectivity index (χ3n) is 1.82. The minimum Gasteiger partial charge on any atom is -0.476 e. The quantitative estimate of drug-likeness (QED) is 0.769. The maximum atomic E-state index is 10.5. The van der Waals surface area contributed by atoms with Crippen molar-refractivity contribution >= 4 is 17.7 Å². The van der Waals surface area contributed by atoms with Crippen LogP contribution in [0.3, 0.4) is 0 Å². The Morgan fingerprint density at radius 3 is 3.00 bits per heavy atom. The highest BCUT2D eigenvalue weighted by Crippen LogP contribution is 2.20. The second kappa shape index (κ2) is 5.77. The van der Waals surface area contributed by atoms with Gasteiger partial charge in [0.25, 0.3) is 0 Å². The Kier molecular flexibility index (Phi) is 4.64. The van der Waals surface area contributed by atoms with Gasteiger partial charge >= 0.3 is 5.97 Å². The van der Waals surface area contributed by atoms with Gasteiger partial charge in [-0.25, -0.2) is 4.79 Å². The number of carbonyl (C=O) groups is 1. The average Bonchev–Trinajstić information content (AvgIpc) is 2.63. The molecule has 0 saturated carbocycles. The number of hydrogen-bond acceptors (Lipinski definition) is 5. The summed E-state index contributed by atoms with van der Waals surface area (Å²) in [5, 5.41) is 21.0. The standard InChI is InChI=1S/C9H13NO4S/c1-6(2-3-11)15-5-7-4-8(9(12)13)10-14-7/h4,6,11H,2-3,5H2,1H3,(H,12,13). The number of hydrogen-bond donors (Lipinski definition) is 2. The first-order chi connectivity index (χ1) is 7.13.